The van der Waals surface area contributed by atoms with Crippen molar-refractivity contribution in [3.8, 4) is 0 Å². The summed E-state index contributed by atoms with van der Waals surface area (Å²) in [4.78, 5) is 4.33. The largest absolute Gasteiger partial charge is 0.334 e. The van der Waals surface area contributed by atoms with Crippen LogP contribution in [0.1, 0.15) is 39.3 Å². The van der Waals surface area contributed by atoms with E-state index in [1.54, 1.807) is 0 Å². The quantitative estimate of drug-likeness (QED) is 0.844. The molecule has 1 aliphatic heterocycles. The summed E-state index contributed by atoms with van der Waals surface area (Å²) in [6.07, 6.45) is 6.49. The Labute approximate surface area is 98.3 Å². The highest BCUT2D eigenvalue weighted by atomic mass is 15.1. The van der Waals surface area contributed by atoms with E-state index in [-0.39, 0.29) is 5.41 Å². The summed E-state index contributed by atoms with van der Waals surface area (Å²) < 4.78 is 2.35. The van der Waals surface area contributed by atoms with E-state index in [0.717, 1.165) is 25.6 Å². The van der Waals surface area contributed by atoms with E-state index >= 15 is 0 Å². The van der Waals surface area contributed by atoms with Crippen molar-refractivity contribution in [3.05, 3.63) is 18.2 Å². The second kappa shape index (κ2) is 4.58. The maximum Gasteiger partial charge on any atom is 0.0948 e. The van der Waals surface area contributed by atoms with Crippen LogP contribution < -0.4 is 5.32 Å². The molecule has 90 valence electrons. The molecule has 2 rings (SSSR count). The van der Waals surface area contributed by atoms with Gasteiger partial charge in [0.05, 0.1) is 6.33 Å². The van der Waals surface area contributed by atoms with Crippen molar-refractivity contribution in [3.63, 3.8) is 0 Å². The molecule has 0 spiro atoms. The minimum atomic E-state index is 0.282. The van der Waals surface area contributed by atoms with Crippen LogP contribution in [0.2, 0.25) is 0 Å². The van der Waals surface area contributed by atoms with E-state index in [1.807, 2.05) is 6.33 Å². The van der Waals surface area contributed by atoms with E-state index in [9.17, 15) is 0 Å². The van der Waals surface area contributed by atoms with Gasteiger partial charge in [-0.05, 0) is 18.9 Å². The molecular formula is C13H23N3. The lowest BCUT2D eigenvalue weighted by Crippen LogP contribution is -2.28. The standard InChI is InChI=1S/C13H23N3/c1-4-11(2)8-16-10-15-7-12(16)13(3)5-6-14-9-13/h7,10-11,14H,4-6,8-9H2,1-3H3. The molecule has 2 heterocycles. The molecule has 0 radical (unpaired) electrons. The molecule has 16 heavy (non-hydrogen) atoms. The Balaban J connectivity index is 2.18. The van der Waals surface area contributed by atoms with Gasteiger partial charge in [0.25, 0.3) is 0 Å². The average Bonchev–Trinajstić information content (AvgIpc) is 2.87. The smallest absolute Gasteiger partial charge is 0.0948 e. The Bertz CT molecular complexity index is 337. The van der Waals surface area contributed by atoms with Gasteiger partial charge in [0.1, 0.15) is 0 Å². The maximum absolute atomic E-state index is 4.33. The molecule has 1 fully saturated rings. The summed E-state index contributed by atoms with van der Waals surface area (Å²) in [5.41, 5.74) is 1.68. The second-order valence-corrected chi connectivity index (χ2v) is 5.43. The minimum Gasteiger partial charge on any atom is -0.334 e. The van der Waals surface area contributed by atoms with Gasteiger partial charge in [0.15, 0.2) is 0 Å². The van der Waals surface area contributed by atoms with Crippen LogP contribution >= 0.6 is 0 Å². The molecule has 0 aromatic carbocycles. The molecule has 1 aromatic heterocycles. The van der Waals surface area contributed by atoms with Crippen LogP contribution in [0.25, 0.3) is 0 Å². The maximum atomic E-state index is 4.33. The van der Waals surface area contributed by atoms with Crippen LogP contribution in [0.3, 0.4) is 0 Å². The molecular weight excluding hydrogens is 198 g/mol. The number of nitrogens with one attached hydrogen (secondary N) is 1. The molecule has 0 saturated carbocycles. The predicted octanol–water partition coefficient (Wildman–Crippen LogP) is 2.18. The van der Waals surface area contributed by atoms with Crippen LogP contribution in [0.15, 0.2) is 12.5 Å². The van der Waals surface area contributed by atoms with Crippen LogP contribution in [-0.4, -0.2) is 22.6 Å². The van der Waals surface area contributed by atoms with Gasteiger partial charge in [-0.3, -0.25) is 0 Å². The number of nitrogens with zero attached hydrogens (tertiary/aromatic N) is 2. The molecule has 1 N–H and O–H groups in total. The summed E-state index contributed by atoms with van der Waals surface area (Å²) >= 11 is 0. The van der Waals surface area contributed by atoms with Crippen molar-refractivity contribution in [1.29, 1.82) is 0 Å². The number of hydrogen-bond acceptors (Lipinski definition) is 2. The van der Waals surface area contributed by atoms with Gasteiger partial charge in [0.2, 0.25) is 0 Å². The van der Waals surface area contributed by atoms with Crippen molar-refractivity contribution < 1.29 is 0 Å². The third kappa shape index (κ3) is 2.14. The topological polar surface area (TPSA) is 29.9 Å². The van der Waals surface area contributed by atoms with Crippen molar-refractivity contribution in [1.82, 2.24) is 14.9 Å². The number of imidazole rings is 1. The first-order valence-electron chi connectivity index (χ1n) is 6.37. The second-order valence-electron chi connectivity index (χ2n) is 5.43. The number of hydrogen-bond donors (Lipinski definition) is 1. The zero-order valence-corrected chi connectivity index (χ0v) is 10.7. The monoisotopic (exact) mass is 221 g/mol. The van der Waals surface area contributed by atoms with Gasteiger partial charge in [0, 0.05) is 30.4 Å². The summed E-state index contributed by atoms with van der Waals surface area (Å²) in [5.74, 6) is 0.728. The predicted molar refractivity (Wildman–Crippen MR) is 66.5 cm³/mol. The zero-order valence-electron chi connectivity index (χ0n) is 10.7. The first-order chi connectivity index (χ1) is 7.65. The lowest BCUT2D eigenvalue weighted by Gasteiger charge is -2.25. The minimum absolute atomic E-state index is 0.282. The molecule has 0 amide bonds. The van der Waals surface area contributed by atoms with Crippen LogP contribution in [0.4, 0.5) is 0 Å². The average molecular weight is 221 g/mol. The molecule has 1 saturated heterocycles. The molecule has 3 nitrogen and oxygen atoms in total. The van der Waals surface area contributed by atoms with Crippen molar-refractivity contribution in [2.45, 2.75) is 45.6 Å². The van der Waals surface area contributed by atoms with Crippen molar-refractivity contribution >= 4 is 0 Å². The SMILES string of the molecule is CCC(C)Cn1cncc1C1(C)CCNC1. The van der Waals surface area contributed by atoms with Gasteiger partial charge in [-0.25, -0.2) is 4.98 Å². The normalized spacial score (nSPS) is 27.2. The Morgan fingerprint density at radius 1 is 1.62 bits per heavy atom. The highest BCUT2D eigenvalue weighted by Gasteiger charge is 2.33. The van der Waals surface area contributed by atoms with Gasteiger partial charge in [-0.1, -0.05) is 27.2 Å². The van der Waals surface area contributed by atoms with Crippen LogP contribution in [0, 0.1) is 5.92 Å². The lowest BCUT2D eigenvalue weighted by molar-refractivity contribution is 0.416. The van der Waals surface area contributed by atoms with Crippen molar-refractivity contribution in [2.75, 3.05) is 13.1 Å². The highest BCUT2D eigenvalue weighted by Crippen LogP contribution is 2.30. The molecule has 0 bridgehead atoms. The lowest BCUT2D eigenvalue weighted by atomic mass is 9.86. The fourth-order valence-corrected chi connectivity index (χ4v) is 2.47. The third-order valence-electron chi connectivity index (χ3n) is 3.90. The molecule has 1 aliphatic rings. The van der Waals surface area contributed by atoms with E-state index in [4.69, 9.17) is 0 Å². The Morgan fingerprint density at radius 3 is 3.06 bits per heavy atom. The first-order valence-corrected chi connectivity index (χ1v) is 6.37. The summed E-state index contributed by atoms with van der Waals surface area (Å²) in [7, 11) is 0. The fraction of sp³-hybridized carbons (Fsp3) is 0.769. The van der Waals surface area contributed by atoms with Gasteiger partial charge in [-0.15, -0.1) is 0 Å². The molecule has 2 atom stereocenters. The fourth-order valence-electron chi connectivity index (χ4n) is 2.47. The third-order valence-corrected chi connectivity index (χ3v) is 3.90. The Hall–Kier alpha value is -0.830. The first kappa shape index (κ1) is 11.6. The number of rotatable bonds is 4. The van der Waals surface area contributed by atoms with Gasteiger partial charge >= 0.3 is 0 Å². The Kier molecular flexibility index (Phi) is 3.33. The summed E-state index contributed by atoms with van der Waals surface area (Å²) in [5, 5.41) is 3.45. The summed E-state index contributed by atoms with van der Waals surface area (Å²) in [6.45, 7) is 10.2. The molecule has 0 aliphatic carbocycles. The molecule has 3 heteroatoms. The molecule has 2 unspecified atom stereocenters. The van der Waals surface area contributed by atoms with Crippen molar-refractivity contribution in [2.24, 2.45) is 5.92 Å². The van der Waals surface area contributed by atoms with E-state index in [2.05, 4.69) is 41.8 Å². The van der Waals surface area contributed by atoms with Crippen LogP contribution in [0.5, 0.6) is 0 Å². The van der Waals surface area contributed by atoms with E-state index in [1.165, 1.54) is 18.5 Å². The van der Waals surface area contributed by atoms with E-state index in [0.29, 0.717) is 0 Å². The highest BCUT2D eigenvalue weighted by molar-refractivity contribution is 5.17. The van der Waals surface area contributed by atoms with Gasteiger partial charge < -0.3 is 9.88 Å². The van der Waals surface area contributed by atoms with Gasteiger partial charge in [-0.2, -0.15) is 0 Å². The Morgan fingerprint density at radius 2 is 2.44 bits per heavy atom. The number of aromatic nitrogens is 2. The summed E-state index contributed by atoms with van der Waals surface area (Å²) in [6, 6.07) is 0. The van der Waals surface area contributed by atoms with Crippen LogP contribution in [-0.2, 0) is 12.0 Å². The van der Waals surface area contributed by atoms with E-state index < -0.39 is 0 Å². The molecule has 1 aromatic rings. The zero-order chi connectivity index (χ0) is 11.6.